The van der Waals surface area contributed by atoms with E-state index in [2.05, 4.69) is 126 Å². The molecule has 0 spiro atoms. The van der Waals surface area contributed by atoms with Gasteiger partial charge in [0.05, 0.1) is 0 Å². The van der Waals surface area contributed by atoms with E-state index in [0.29, 0.717) is 6.42 Å². The largest absolute Gasteiger partial charge is 0.356 e. The molecule has 0 atom stereocenters. The average molecular weight is 514 g/mol. The van der Waals surface area contributed by atoms with E-state index in [1.54, 1.807) is 0 Å². The number of benzene rings is 2. The minimum absolute atomic E-state index is 0.0536. The lowest BCUT2D eigenvalue weighted by Gasteiger charge is -2.28. The van der Waals surface area contributed by atoms with Crippen molar-refractivity contribution >= 4 is 17.3 Å². The fraction of sp³-hybridized carbons (Fsp3) is 0.471. The maximum Gasteiger partial charge on any atom is 0.219 e. The maximum absolute atomic E-state index is 11.9. The lowest BCUT2D eigenvalue weighted by molar-refractivity contribution is -0.121. The van der Waals surface area contributed by atoms with Crippen LogP contribution in [-0.2, 0) is 15.6 Å². The quantitative estimate of drug-likeness (QED) is 0.234. The number of fused-ring (bicyclic) bond motifs is 1. The summed E-state index contributed by atoms with van der Waals surface area (Å²) in [5, 5.41) is 2.96. The van der Waals surface area contributed by atoms with Crippen LogP contribution in [0.1, 0.15) is 83.4 Å². The summed E-state index contributed by atoms with van der Waals surface area (Å²) in [5.41, 5.74) is 7.30. The molecule has 1 amide bonds. The van der Waals surface area contributed by atoms with Crippen molar-refractivity contribution in [1.29, 1.82) is 0 Å². The van der Waals surface area contributed by atoms with Gasteiger partial charge in [-0.2, -0.15) is 0 Å². The fourth-order valence-corrected chi connectivity index (χ4v) is 5.53. The SMILES string of the molecule is CCCNC(=O)CCCCC\N=C(/C=C/C=C1/N(C)c2ccccc2C1(C)C)C(C)(C)c1ccccc1C. The molecule has 0 fully saturated rings. The normalized spacial score (nSPS) is 16.3. The van der Waals surface area contributed by atoms with Crippen LogP contribution in [0.3, 0.4) is 0 Å². The third-order valence-electron chi connectivity index (χ3n) is 7.82. The van der Waals surface area contributed by atoms with Gasteiger partial charge in [-0.05, 0) is 61.1 Å². The summed E-state index contributed by atoms with van der Waals surface area (Å²) >= 11 is 0. The Bertz CT molecular complexity index is 1190. The molecule has 1 N–H and O–H groups in total. The summed E-state index contributed by atoms with van der Waals surface area (Å²) in [6.45, 7) is 14.9. The molecule has 2 aromatic carbocycles. The number of hydrogen-bond donors (Lipinski definition) is 1. The molecule has 1 aliphatic heterocycles. The molecule has 1 heterocycles. The van der Waals surface area contributed by atoms with E-state index in [0.717, 1.165) is 44.5 Å². The lowest BCUT2D eigenvalue weighted by Crippen LogP contribution is -2.29. The molecular formula is C34H47N3O. The van der Waals surface area contributed by atoms with Crippen LogP contribution in [0.2, 0.25) is 0 Å². The zero-order valence-electron chi connectivity index (χ0n) is 24.6. The second-order valence-corrected chi connectivity index (χ2v) is 11.5. The molecule has 0 radical (unpaired) electrons. The number of aliphatic imine (C=N–C) groups is 1. The Morgan fingerprint density at radius 1 is 1.05 bits per heavy atom. The second kappa shape index (κ2) is 13.1. The summed E-state index contributed by atoms with van der Waals surface area (Å²) in [6.07, 6.45) is 11.1. The first-order chi connectivity index (χ1) is 18.1. The Hall–Kier alpha value is -3.14. The molecule has 38 heavy (non-hydrogen) atoms. The zero-order valence-corrected chi connectivity index (χ0v) is 24.6. The highest BCUT2D eigenvalue weighted by Crippen LogP contribution is 2.46. The molecule has 0 unspecified atom stereocenters. The van der Waals surface area contributed by atoms with Gasteiger partial charge < -0.3 is 10.2 Å². The Kier molecular flexibility index (Phi) is 10.1. The minimum atomic E-state index is -0.222. The molecule has 204 valence electrons. The van der Waals surface area contributed by atoms with Crippen molar-refractivity contribution in [2.24, 2.45) is 4.99 Å². The summed E-state index contributed by atoms with van der Waals surface area (Å²) < 4.78 is 0. The molecule has 0 saturated heterocycles. The van der Waals surface area contributed by atoms with Crippen LogP contribution in [0.15, 0.2) is 77.4 Å². The van der Waals surface area contributed by atoms with Crippen LogP contribution < -0.4 is 10.2 Å². The van der Waals surface area contributed by atoms with Crippen molar-refractivity contribution in [1.82, 2.24) is 5.32 Å². The molecule has 4 nitrogen and oxygen atoms in total. The van der Waals surface area contributed by atoms with Crippen LogP contribution in [0.5, 0.6) is 0 Å². The lowest BCUT2D eigenvalue weighted by atomic mass is 9.77. The van der Waals surface area contributed by atoms with Gasteiger partial charge >= 0.3 is 0 Å². The van der Waals surface area contributed by atoms with E-state index in [4.69, 9.17) is 4.99 Å². The fourth-order valence-electron chi connectivity index (χ4n) is 5.53. The predicted molar refractivity (Wildman–Crippen MR) is 163 cm³/mol. The molecular weight excluding hydrogens is 466 g/mol. The monoisotopic (exact) mass is 513 g/mol. The molecule has 3 rings (SSSR count). The first kappa shape index (κ1) is 29.4. The predicted octanol–water partition coefficient (Wildman–Crippen LogP) is 7.67. The highest BCUT2D eigenvalue weighted by Gasteiger charge is 2.37. The number of nitrogens with one attached hydrogen (secondary N) is 1. The molecule has 1 aliphatic rings. The molecule has 0 saturated carbocycles. The number of hydrogen-bond acceptors (Lipinski definition) is 3. The average Bonchev–Trinajstić information content (AvgIpc) is 3.08. The van der Waals surface area contributed by atoms with Crippen LogP contribution in [-0.4, -0.2) is 31.8 Å². The van der Waals surface area contributed by atoms with E-state index in [9.17, 15) is 4.79 Å². The van der Waals surface area contributed by atoms with E-state index in [-0.39, 0.29) is 16.7 Å². The third kappa shape index (κ3) is 6.83. The van der Waals surface area contributed by atoms with Gasteiger partial charge in [0.1, 0.15) is 0 Å². The van der Waals surface area contributed by atoms with E-state index in [1.165, 1.54) is 28.1 Å². The van der Waals surface area contributed by atoms with Crippen LogP contribution >= 0.6 is 0 Å². The van der Waals surface area contributed by atoms with Crippen LogP contribution in [0.4, 0.5) is 5.69 Å². The van der Waals surface area contributed by atoms with Crippen molar-refractivity contribution in [3.8, 4) is 0 Å². The number of nitrogens with zero attached hydrogens (tertiary/aromatic N) is 2. The van der Waals surface area contributed by atoms with Gasteiger partial charge in [-0.1, -0.05) is 89.6 Å². The van der Waals surface area contributed by atoms with Gasteiger partial charge in [-0.3, -0.25) is 9.79 Å². The highest BCUT2D eigenvalue weighted by atomic mass is 16.1. The van der Waals surface area contributed by atoms with E-state index in [1.807, 2.05) is 0 Å². The Morgan fingerprint density at radius 3 is 2.47 bits per heavy atom. The Balaban J connectivity index is 1.78. The van der Waals surface area contributed by atoms with Gasteiger partial charge in [0.15, 0.2) is 0 Å². The maximum atomic E-state index is 11.9. The number of amides is 1. The summed E-state index contributed by atoms with van der Waals surface area (Å²) in [7, 11) is 2.15. The number of anilines is 1. The van der Waals surface area contributed by atoms with Gasteiger partial charge in [0, 0.05) is 54.5 Å². The molecule has 0 aliphatic carbocycles. The van der Waals surface area contributed by atoms with Crippen molar-refractivity contribution in [2.45, 2.75) is 84.5 Å². The summed E-state index contributed by atoms with van der Waals surface area (Å²) in [6, 6.07) is 17.3. The number of carbonyl (C=O) groups is 1. The standard InChI is InChI=1S/C34H47N3O/c1-8-24-36-32(38)23-10-9-15-25-35-30(33(3,4)27-18-12-11-17-26(27)2)21-16-22-31-34(5,6)28-19-13-14-20-29(28)37(31)7/h11-14,16-22H,8-10,15,23-25H2,1-7H3,(H,36,38)/b21-16+,31-22+,35-30+. The zero-order chi connectivity index (χ0) is 27.8. The number of para-hydroxylation sites is 1. The first-order valence-corrected chi connectivity index (χ1v) is 14.2. The van der Waals surface area contributed by atoms with Crippen LogP contribution in [0, 0.1) is 6.92 Å². The van der Waals surface area contributed by atoms with Gasteiger partial charge in [0.25, 0.3) is 0 Å². The van der Waals surface area contributed by atoms with E-state index < -0.39 is 0 Å². The number of aryl methyl sites for hydroxylation is 1. The number of carbonyl (C=O) groups excluding carboxylic acids is 1. The number of unbranched alkanes of at least 4 members (excludes halogenated alkanes) is 2. The Morgan fingerprint density at radius 2 is 1.76 bits per heavy atom. The summed E-state index contributed by atoms with van der Waals surface area (Å²) in [5.74, 6) is 0.162. The van der Waals surface area contributed by atoms with Gasteiger partial charge in [-0.25, -0.2) is 0 Å². The number of allylic oxidation sites excluding steroid dienone is 4. The van der Waals surface area contributed by atoms with Crippen molar-refractivity contribution in [3.63, 3.8) is 0 Å². The highest BCUT2D eigenvalue weighted by molar-refractivity contribution is 6.03. The molecule has 0 aromatic heterocycles. The third-order valence-corrected chi connectivity index (χ3v) is 7.82. The van der Waals surface area contributed by atoms with E-state index >= 15 is 0 Å². The van der Waals surface area contributed by atoms with Crippen molar-refractivity contribution < 1.29 is 4.79 Å². The smallest absolute Gasteiger partial charge is 0.219 e. The van der Waals surface area contributed by atoms with Gasteiger partial charge in [-0.15, -0.1) is 0 Å². The number of likely N-dealkylation sites (N-methyl/N-ethyl adjacent to an activating group) is 1. The number of rotatable bonds is 12. The van der Waals surface area contributed by atoms with Gasteiger partial charge in [0.2, 0.25) is 5.91 Å². The second-order valence-electron chi connectivity index (χ2n) is 11.5. The topological polar surface area (TPSA) is 44.7 Å². The van der Waals surface area contributed by atoms with Crippen molar-refractivity contribution in [3.05, 3.63) is 89.1 Å². The molecule has 2 aromatic rings. The molecule has 4 heteroatoms. The molecule has 0 bridgehead atoms. The Labute approximate surface area is 230 Å². The van der Waals surface area contributed by atoms with Crippen LogP contribution in [0.25, 0.3) is 0 Å². The minimum Gasteiger partial charge on any atom is -0.356 e. The van der Waals surface area contributed by atoms with Crippen molar-refractivity contribution in [2.75, 3.05) is 25.0 Å². The first-order valence-electron chi connectivity index (χ1n) is 14.2. The summed E-state index contributed by atoms with van der Waals surface area (Å²) in [4.78, 5) is 19.3.